The molecule has 0 N–H and O–H groups in total. The zero-order valence-corrected chi connectivity index (χ0v) is 19.6. The first-order valence-electron chi connectivity index (χ1n) is 10.5. The normalized spacial score (nSPS) is 11.4. The van der Waals surface area contributed by atoms with Crippen molar-refractivity contribution in [1.82, 2.24) is 0 Å². The summed E-state index contributed by atoms with van der Waals surface area (Å²) in [6.07, 6.45) is 0. The third kappa shape index (κ3) is 4.87. The molecule has 7 nitrogen and oxygen atoms in total. The molecule has 0 amide bonds. The SMILES string of the molecule is Cc1ccc(C)c(S(=O)(=O)Oc2ccccc2C(=O)OCc2cc(=O)oc3cc(C)ccc23)c1. The molecule has 0 spiro atoms. The van der Waals surface area contributed by atoms with Crippen LogP contribution < -0.4 is 9.81 Å². The molecule has 0 saturated heterocycles. The molecule has 1 heterocycles. The van der Waals surface area contributed by atoms with Gasteiger partial charge in [0.05, 0.1) is 0 Å². The number of fused-ring (bicyclic) bond motifs is 1. The van der Waals surface area contributed by atoms with Crippen LogP contribution in [0.3, 0.4) is 0 Å². The van der Waals surface area contributed by atoms with E-state index in [9.17, 15) is 18.0 Å². The van der Waals surface area contributed by atoms with E-state index in [-0.39, 0.29) is 22.8 Å². The van der Waals surface area contributed by atoms with E-state index in [2.05, 4.69) is 0 Å². The predicted octanol–water partition coefficient (Wildman–Crippen LogP) is 4.84. The molecule has 0 fully saturated rings. The number of para-hydroxylation sites is 1. The van der Waals surface area contributed by atoms with Gasteiger partial charge < -0.3 is 13.3 Å². The molecule has 34 heavy (non-hydrogen) atoms. The van der Waals surface area contributed by atoms with Crippen LogP contribution in [0.1, 0.15) is 32.6 Å². The highest BCUT2D eigenvalue weighted by Gasteiger charge is 2.23. The molecule has 0 aliphatic rings. The second-order valence-electron chi connectivity index (χ2n) is 7.97. The minimum absolute atomic E-state index is 0.0217. The van der Waals surface area contributed by atoms with Gasteiger partial charge in [0.25, 0.3) is 0 Å². The van der Waals surface area contributed by atoms with Crippen LogP contribution >= 0.6 is 0 Å². The lowest BCUT2D eigenvalue weighted by atomic mass is 10.1. The molecule has 4 aromatic rings. The Morgan fingerprint density at radius 2 is 1.62 bits per heavy atom. The van der Waals surface area contributed by atoms with Gasteiger partial charge in [0, 0.05) is 17.0 Å². The molecule has 0 aliphatic heterocycles. The summed E-state index contributed by atoms with van der Waals surface area (Å²) in [6.45, 7) is 5.11. The van der Waals surface area contributed by atoms with Crippen molar-refractivity contribution in [3.8, 4) is 5.75 Å². The molecule has 0 saturated carbocycles. The molecule has 3 aromatic carbocycles. The van der Waals surface area contributed by atoms with Crippen molar-refractivity contribution >= 4 is 27.1 Å². The average molecular weight is 479 g/mol. The third-order valence-corrected chi connectivity index (χ3v) is 6.64. The highest BCUT2D eigenvalue weighted by Crippen LogP contribution is 2.27. The number of benzene rings is 3. The van der Waals surface area contributed by atoms with Crippen LogP contribution in [0.2, 0.25) is 0 Å². The van der Waals surface area contributed by atoms with Crippen LogP contribution in [0.25, 0.3) is 11.0 Å². The lowest BCUT2D eigenvalue weighted by molar-refractivity contribution is 0.0472. The first-order valence-corrected chi connectivity index (χ1v) is 11.9. The Labute approximate surface area is 196 Å². The minimum Gasteiger partial charge on any atom is -0.457 e. The van der Waals surface area contributed by atoms with Crippen LogP contribution in [0.5, 0.6) is 5.75 Å². The number of carbonyl (C=O) groups is 1. The van der Waals surface area contributed by atoms with E-state index in [0.29, 0.717) is 22.1 Å². The van der Waals surface area contributed by atoms with Gasteiger partial charge in [0.15, 0.2) is 5.75 Å². The second kappa shape index (κ2) is 9.15. The van der Waals surface area contributed by atoms with Crippen molar-refractivity contribution in [3.05, 3.63) is 105 Å². The van der Waals surface area contributed by atoms with Gasteiger partial charge >= 0.3 is 21.7 Å². The van der Waals surface area contributed by atoms with Gasteiger partial charge in [0.2, 0.25) is 0 Å². The third-order valence-electron chi connectivity index (χ3n) is 5.26. The summed E-state index contributed by atoms with van der Waals surface area (Å²) in [5, 5.41) is 0.639. The Kier molecular flexibility index (Phi) is 6.26. The summed E-state index contributed by atoms with van der Waals surface area (Å²) in [6, 6.07) is 17.6. The Balaban J connectivity index is 1.60. The van der Waals surface area contributed by atoms with E-state index in [1.54, 1.807) is 50.2 Å². The maximum Gasteiger partial charge on any atom is 0.342 e. The van der Waals surface area contributed by atoms with Crippen LogP contribution in [-0.4, -0.2) is 14.4 Å². The quantitative estimate of drug-likeness (QED) is 0.222. The van der Waals surface area contributed by atoms with Crippen LogP contribution in [0, 0.1) is 20.8 Å². The Morgan fingerprint density at radius 3 is 2.41 bits per heavy atom. The topological polar surface area (TPSA) is 99.9 Å². The fourth-order valence-corrected chi connectivity index (χ4v) is 4.79. The van der Waals surface area contributed by atoms with E-state index in [1.807, 2.05) is 13.0 Å². The van der Waals surface area contributed by atoms with Crippen molar-refractivity contribution in [2.75, 3.05) is 0 Å². The van der Waals surface area contributed by atoms with E-state index in [1.165, 1.54) is 24.3 Å². The first kappa shape index (κ1) is 23.3. The molecule has 0 atom stereocenters. The van der Waals surface area contributed by atoms with E-state index >= 15 is 0 Å². The van der Waals surface area contributed by atoms with Crippen LogP contribution in [0.4, 0.5) is 0 Å². The molecule has 0 bridgehead atoms. The maximum atomic E-state index is 12.9. The van der Waals surface area contributed by atoms with Crippen molar-refractivity contribution in [3.63, 3.8) is 0 Å². The Morgan fingerprint density at radius 1 is 0.912 bits per heavy atom. The summed E-state index contributed by atoms with van der Waals surface area (Å²) in [7, 11) is -4.19. The number of esters is 1. The molecular formula is C26H22O7S. The Hall–Kier alpha value is -3.91. The van der Waals surface area contributed by atoms with Crippen molar-refractivity contribution in [2.24, 2.45) is 0 Å². The second-order valence-corrected chi connectivity index (χ2v) is 9.48. The smallest absolute Gasteiger partial charge is 0.342 e. The first-order chi connectivity index (χ1) is 16.1. The van der Waals surface area contributed by atoms with Gasteiger partial charge in [-0.05, 0) is 61.7 Å². The summed E-state index contributed by atoms with van der Waals surface area (Å²) in [4.78, 5) is 24.8. The van der Waals surface area contributed by atoms with Crippen molar-refractivity contribution in [1.29, 1.82) is 0 Å². The van der Waals surface area contributed by atoms with E-state index in [4.69, 9.17) is 13.3 Å². The van der Waals surface area contributed by atoms with Crippen molar-refractivity contribution in [2.45, 2.75) is 32.3 Å². The fourth-order valence-electron chi connectivity index (χ4n) is 3.53. The molecule has 4 rings (SSSR count). The summed E-state index contributed by atoms with van der Waals surface area (Å²) >= 11 is 0. The average Bonchev–Trinajstić information content (AvgIpc) is 2.78. The standard InChI is InChI=1S/C26H22O7S/c1-16-9-11-20-19(14-25(27)32-23(20)12-16)15-31-26(28)21-6-4-5-7-22(21)33-34(29,30)24-13-17(2)8-10-18(24)3/h4-14H,15H2,1-3H3. The fraction of sp³-hybridized carbons (Fsp3) is 0.154. The molecule has 0 radical (unpaired) electrons. The summed E-state index contributed by atoms with van der Waals surface area (Å²) in [5.41, 5.74) is 2.45. The van der Waals surface area contributed by atoms with Crippen LogP contribution in [-0.2, 0) is 21.5 Å². The molecule has 1 aromatic heterocycles. The highest BCUT2D eigenvalue weighted by molar-refractivity contribution is 7.87. The summed E-state index contributed by atoms with van der Waals surface area (Å²) < 4.78 is 41.8. The number of hydrogen-bond donors (Lipinski definition) is 0. The predicted molar refractivity (Wildman–Crippen MR) is 127 cm³/mol. The molecule has 0 unspecified atom stereocenters. The largest absolute Gasteiger partial charge is 0.457 e. The number of hydrogen-bond acceptors (Lipinski definition) is 7. The van der Waals surface area contributed by atoms with Gasteiger partial charge in [-0.25, -0.2) is 9.59 Å². The van der Waals surface area contributed by atoms with Gasteiger partial charge in [-0.1, -0.05) is 36.4 Å². The van der Waals surface area contributed by atoms with Gasteiger partial charge in [-0.15, -0.1) is 0 Å². The van der Waals surface area contributed by atoms with E-state index in [0.717, 1.165) is 11.1 Å². The lowest BCUT2D eigenvalue weighted by Gasteiger charge is -2.13. The maximum absolute atomic E-state index is 12.9. The van der Waals surface area contributed by atoms with Gasteiger partial charge in [-0.3, -0.25) is 0 Å². The highest BCUT2D eigenvalue weighted by atomic mass is 32.2. The number of aryl methyl sites for hydroxylation is 3. The molecular weight excluding hydrogens is 456 g/mol. The van der Waals surface area contributed by atoms with Crippen LogP contribution in [0.15, 0.2) is 80.8 Å². The molecule has 8 heteroatoms. The number of carbonyl (C=O) groups excluding carboxylic acids is 1. The monoisotopic (exact) mass is 478 g/mol. The number of ether oxygens (including phenoxy) is 1. The lowest BCUT2D eigenvalue weighted by Crippen LogP contribution is -2.15. The minimum atomic E-state index is -4.19. The molecule has 174 valence electrons. The number of rotatable bonds is 6. The molecule has 0 aliphatic carbocycles. The zero-order valence-electron chi connectivity index (χ0n) is 18.8. The zero-order chi connectivity index (χ0) is 24.5. The summed E-state index contributed by atoms with van der Waals surface area (Å²) in [5.74, 6) is -0.943. The van der Waals surface area contributed by atoms with E-state index < -0.39 is 21.7 Å². The van der Waals surface area contributed by atoms with Gasteiger partial charge in [0.1, 0.15) is 22.6 Å². The van der Waals surface area contributed by atoms with Gasteiger partial charge in [-0.2, -0.15) is 8.42 Å². The van der Waals surface area contributed by atoms with Crippen molar-refractivity contribution < 1.29 is 26.5 Å². The Bertz CT molecular complexity index is 1570.